The zero-order chi connectivity index (χ0) is 23.7. The summed E-state index contributed by atoms with van der Waals surface area (Å²) in [5, 5.41) is 2.99. The van der Waals surface area contributed by atoms with Crippen LogP contribution >= 0.6 is 0 Å². The molecule has 0 saturated carbocycles. The molecule has 4 amide bonds. The van der Waals surface area contributed by atoms with E-state index in [0.717, 1.165) is 24.8 Å². The first kappa shape index (κ1) is 22.3. The maximum absolute atomic E-state index is 13.9. The van der Waals surface area contributed by atoms with Crippen molar-refractivity contribution < 1.29 is 18.8 Å². The van der Waals surface area contributed by atoms with Gasteiger partial charge in [0.15, 0.2) is 5.54 Å². The molecule has 2 aliphatic heterocycles. The van der Waals surface area contributed by atoms with E-state index in [0.29, 0.717) is 37.1 Å². The van der Waals surface area contributed by atoms with E-state index in [1.54, 1.807) is 30.6 Å². The summed E-state index contributed by atoms with van der Waals surface area (Å²) in [6.07, 6.45) is 9.25. The maximum Gasteiger partial charge on any atom is 0.325 e. The minimum absolute atomic E-state index is 0.0540. The summed E-state index contributed by atoms with van der Waals surface area (Å²) in [5.74, 6) is -0.808. The highest BCUT2D eigenvalue weighted by molar-refractivity contribution is 6.07. The number of aromatic nitrogens is 1. The third-order valence-electron chi connectivity index (χ3n) is 7.21. The first-order valence-electron chi connectivity index (χ1n) is 11.8. The van der Waals surface area contributed by atoms with Gasteiger partial charge in [-0.1, -0.05) is 24.3 Å². The van der Waals surface area contributed by atoms with Crippen LogP contribution in [0.15, 0.2) is 60.4 Å². The number of likely N-dealkylation sites (tertiary alicyclic amines) is 1. The van der Waals surface area contributed by atoms with Crippen molar-refractivity contribution in [2.45, 2.75) is 44.2 Å². The van der Waals surface area contributed by atoms with E-state index in [1.165, 1.54) is 17.0 Å². The van der Waals surface area contributed by atoms with Crippen LogP contribution in [0.25, 0.3) is 0 Å². The van der Waals surface area contributed by atoms with Gasteiger partial charge in [0.2, 0.25) is 5.91 Å². The predicted octanol–water partition coefficient (Wildman–Crippen LogP) is 3.52. The number of hydrogen-bond donors (Lipinski definition) is 1. The van der Waals surface area contributed by atoms with Crippen molar-refractivity contribution in [3.05, 3.63) is 77.4 Å². The number of carbonyl (C=O) groups excluding carboxylic acids is 3. The Morgan fingerprint density at radius 2 is 1.91 bits per heavy atom. The Hall–Kier alpha value is -3.55. The molecule has 34 heavy (non-hydrogen) atoms. The zero-order valence-electron chi connectivity index (χ0n) is 18.9. The fourth-order valence-electron chi connectivity index (χ4n) is 5.40. The predicted molar refractivity (Wildman–Crippen MR) is 123 cm³/mol. The van der Waals surface area contributed by atoms with E-state index < -0.39 is 11.6 Å². The van der Waals surface area contributed by atoms with Crippen LogP contribution in [-0.2, 0) is 21.7 Å². The van der Waals surface area contributed by atoms with Gasteiger partial charge in [-0.15, -0.1) is 0 Å². The molecule has 1 atom stereocenters. The highest BCUT2D eigenvalue weighted by Crippen LogP contribution is 2.42. The number of hydrogen-bond acceptors (Lipinski definition) is 4. The third-order valence-corrected chi connectivity index (χ3v) is 7.21. The Kier molecular flexibility index (Phi) is 5.89. The summed E-state index contributed by atoms with van der Waals surface area (Å²) in [5.41, 5.74) is 0.944. The van der Waals surface area contributed by atoms with Crippen LogP contribution in [0.2, 0.25) is 0 Å². The molecule has 2 aromatic rings. The molecule has 1 aromatic carbocycles. The van der Waals surface area contributed by atoms with Crippen molar-refractivity contribution >= 4 is 17.8 Å². The van der Waals surface area contributed by atoms with E-state index in [4.69, 9.17) is 0 Å². The summed E-state index contributed by atoms with van der Waals surface area (Å²) in [6, 6.07) is 8.86. The Morgan fingerprint density at radius 3 is 2.56 bits per heavy atom. The van der Waals surface area contributed by atoms with Gasteiger partial charge in [-0.25, -0.2) is 9.18 Å². The van der Waals surface area contributed by atoms with Crippen molar-refractivity contribution in [2.75, 3.05) is 13.1 Å². The lowest BCUT2D eigenvalue weighted by Gasteiger charge is -2.41. The number of piperidine rings is 1. The quantitative estimate of drug-likeness (QED) is 0.690. The zero-order valence-corrected chi connectivity index (χ0v) is 18.9. The van der Waals surface area contributed by atoms with Crippen LogP contribution in [0.1, 0.15) is 43.2 Å². The van der Waals surface area contributed by atoms with E-state index in [1.807, 2.05) is 17.0 Å². The topological polar surface area (TPSA) is 82.6 Å². The van der Waals surface area contributed by atoms with E-state index in [9.17, 15) is 18.8 Å². The number of rotatable bonds is 5. The Labute approximate surface area is 197 Å². The van der Waals surface area contributed by atoms with E-state index in [-0.39, 0.29) is 30.1 Å². The number of pyridine rings is 1. The van der Waals surface area contributed by atoms with E-state index in [2.05, 4.69) is 10.3 Å². The summed E-state index contributed by atoms with van der Waals surface area (Å²) in [6.45, 7) is 1.12. The molecule has 176 valence electrons. The number of nitrogens with zero attached hydrogens (tertiary/aromatic N) is 3. The molecule has 2 saturated heterocycles. The van der Waals surface area contributed by atoms with Gasteiger partial charge in [-0.2, -0.15) is 0 Å². The van der Waals surface area contributed by atoms with Gasteiger partial charge in [-0.3, -0.25) is 19.5 Å². The van der Waals surface area contributed by atoms with Crippen LogP contribution < -0.4 is 5.32 Å². The summed E-state index contributed by atoms with van der Waals surface area (Å²) < 4.78 is 13.3. The number of urea groups is 1. The lowest BCUT2D eigenvalue weighted by molar-refractivity contribution is -0.135. The minimum atomic E-state index is -1.24. The fraction of sp³-hybridized carbons (Fsp3) is 0.385. The van der Waals surface area contributed by atoms with Gasteiger partial charge in [0.25, 0.3) is 5.91 Å². The molecule has 5 rings (SSSR count). The summed E-state index contributed by atoms with van der Waals surface area (Å²) in [4.78, 5) is 47.1. The van der Waals surface area contributed by atoms with Crippen molar-refractivity contribution in [3.63, 3.8) is 0 Å². The average molecular weight is 463 g/mol. The standard InChI is InChI=1S/C26H27FN4O3/c27-22-9-7-18(8-10-22)17-31-24(33)26(29-25(31)34,21-6-3-13-28-16-21)20-11-14-30(15-12-20)23(32)19-4-1-2-5-19/h3-4,6-10,13,16,20H,1-2,5,11-12,14-15,17H2,(H,29,34)/t26-/m1/s1. The molecule has 0 unspecified atom stereocenters. The average Bonchev–Trinajstić information content (AvgIpc) is 3.49. The van der Waals surface area contributed by atoms with Crippen molar-refractivity contribution in [1.82, 2.24) is 20.1 Å². The molecule has 3 heterocycles. The molecule has 8 heteroatoms. The van der Waals surface area contributed by atoms with Crippen LogP contribution in [0.4, 0.5) is 9.18 Å². The van der Waals surface area contributed by atoms with Crippen molar-refractivity contribution in [1.29, 1.82) is 0 Å². The summed E-state index contributed by atoms with van der Waals surface area (Å²) >= 11 is 0. The molecule has 1 aromatic heterocycles. The molecule has 7 nitrogen and oxygen atoms in total. The Bertz CT molecular complexity index is 1130. The van der Waals surface area contributed by atoms with Gasteiger partial charge in [-0.05, 0) is 61.8 Å². The van der Waals surface area contributed by atoms with Crippen LogP contribution in [-0.4, -0.2) is 45.7 Å². The van der Waals surface area contributed by atoms with Crippen LogP contribution in [0.5, 0.6) is 0 Å². The molecule has 2 fully saturated rings. The number of allylic oxidation sites excluding steroid dienone is 1. The number of amides is 4. The van der Waals surface area contributed by atoms with Crippen LogP contribution in [0, 0.1) is 11.7 Å². The highest BCUT2D eigenvalue weighted by atomic mass is 19.1. The molecule has 0 spiro atoms. The first-order valence-corrected chi connectivity index (χ1v) is 11.8. The van der Waals surface area contributed by atoms with Crippen LogP contribution in [0.3, 0.4) is 0 Å². The fourth-order valence-corrected chi connectivity index (χ4v) is 5.40. The van der Waals surface area contributed by atoms with Gasteiger partial charge in [0.05, 0.1) is 6.54 Å². The number of nitrogens with one attached hydrogen (secondary N) is 1. The molecule has 3 aliphatic rings. The van der Waals surface area contributed by atoms with Gasteiger partial charge >= 0.3 is 6.03 Å². The number of carbonyl (C=O) groups is 3. The Balaban J connectivity index is 1.40. The van der Waals surface area contributed by atoms with Crippen molar-refractivity contribution in [2.24, 2.45) is 5.92 Å². The molecular weight excluding hydrogens is 435 g/mol. The molecular formula is C26H27FN4O3. The second kappa shape index (κ2) is 9.00. The molecule has 0 bridgehead atoms. The van der Waals surface area contributed by atoms with Crippen molar-refractivity contribution in [3.8, 4) is 0 Å². The number of imide groups is 1. The van der Waals surface area contributed by atoms with Gasteiger partial charge in [0.1, 0.15) is 5.82 Å². The lowest BCUT2D eigenvalue weighted by atomic mass is 9.73. The maximum atomic E-state index is 13.9. The monoisotopic (exact) mass is 462 g/mol. The molecule has 1 N–H and O–H groups in total. The highest BCUT2D eigenvalue weighted by Gasteiger charge is 2.57. The van der Waals surface area contributed by atoms with Gasteiger partial charge in [0, 0.05) is 36.6 Å². The Morgan fingerprint density at radius 1 is 1.15 bits per heavy atom. The second-order valence-electron chi connectivity index (χ2n) is 9.19. The lowest BCUT2D eigenvalue weighted by Crippen LogP contribution is -2.54. The normalized spacial score (nSPS) is 23.3. The summed E-state index contributed by atoms with van der Waals surface area (Å²) in [7, 11) is 0. The largest absolute Gasteiger partial charge is 0.339 e. The first-order chi connectivity index (χ1) is 16.5. The number of halogens is 1. The van der Waals surface area contributed by atoms with E-state index >= 15 is 0 Å². The molecule has 1 aliphatic carbocycles. The molecule has 0 radical (unpaired) electrons. The second-order valence-corrected chi connectivity index (χ2v) is 9.19. The number of benzene rings is 1. The smallest absolute Gasteiger partial charge is 0.325 e. The SMILES string of the molecule is O=C(C1=CCCC1)N1CCC([C@]2(c3cccnc3)NC(=O)N(Cc3ccc(F)cc3)C2=O)CC1. The minimum Gasteiger partial charge on any atom is -0.339 e. The third kappa shape index (κ3) is 3.87. The van der Waals surface area contributed by atoms with Gasteiger partial charge < -0.3 is 10.2 Å².